The minimum atomic E-state index is -0.609. The highest BCUT2D eigenvalue weighted by atomic mass is 16.6. The minimum absolute atomic E-state index is 0.0241. The molecule has 6 nitrogen and oxygen atoms in total. The molecule has 0 fully saturated rings. The lowest BCUT2D eigenvalue weighted by Gasteiger charge is -2.28. The number of pyridine rings is 1. The molecule has 0 aliphatic rings. The molecular weight excluding hydrogens is 232 g/mol. The van der Waals surface area contributed by atoms with E-state index in [-0.39, 0.29) is 22.8 Å². The van der Waals surface area contributed by atoms with Gasteiger partial charge in [0.15, 0.2) is 0 Å². The summed E-state index contributed by atoms with van der Waals surface area (Å²) in [5.74, 6) is 0.472. The van der Waals surface area contributed by atoms with E-state index in [0.717, 1.165) is 0 Å². The van der Waals surface area contributed by atoms with Gasteiger partial charge in [0.05, 0.1) is 4.92 Å². The number of nitrogens with zero attached hydrogens (tertiary/aromatic N) is 3. The van der Waals surface area contributed by atoms with Gasteiger partial charge in [0.25, 0.3) is 0 Å². The lowest BCUT2D eigenvalue weighted by molar-refractivity contribution is -0.385. The maximum atomic E-state index is 10.7. The van der Waals surface area contributed by atoms with Gasteiger partial charge in [-0.25, -0.2) is 4.98 Å². The lowest BCUT2D eigenvalue weighted by atomic mass is 9.88. The fourth-order valence-electron chi connectivity index (χ4n) is 1.20. The van der Waals surface area contributed by atoms with Crippen molar-refractivity contribution < 1.29 is 4.92 Å². The van der Waals surface area contributed by atoms with E-state index in [1.807, 2.05) is 6.92 Å². The van der Waals surface area contributed by atoms with E-state index in [2.05, 4.69) is 31.1 Å². The predicted molar refractivity (Wildman–Crippen MR) is 68.1 cm³/mol. The van der Waals surface area contributed by atoms with Crippen molar-refractivity contribution >= 4 is 11.5 Å². The van der Waals surface area contributed by atoms with Crippen LogP contribution in [0.1, 0.15) is 33.4 Å². The standard InChI is InChI=1S/C12H16N4O2/c1-8(12(2,3)4)14-11-6-5-10(16(17)18)9(7-13)15-11/h5-6,8H,1-4H3,(H,14,15). The molecule has 1 aromatic rings. The molecular formula is C12H16N4O2. The molecule has 18 heavy (non-hydrogen) atoms. The molecule has 6 heteroatoms. The van der Waals surface area contributed by atoms with Crippen LogP contribution in [-0.2, 0) is 0 Å². The molecule has 0 bridgehead atoms. The first-order valence-corrected chi connectivity index (χ1v) is 5.57. The molecule has 0 aliphatic heterocycles. The second kappa shape index (κ2) is 5.00. The van der Waals surface area contributed by atoms with Crippen LogP contribution in [-0.4, -0.2) is 15.9 Å². The van der Waals surface area contributed by atoms with E-state index < -0.39 is 4.92 Å². The Hall–Kier alpha value is -2.16. The Morgan fingerprint density at radius 1 is 1.50 bits per heavy atom. The summed E-state index contributed by atoms with van der Waals surface area (Å²) in [5.41, 5.74) is -0.423. The molecule has 0 spiro atoms. The maximum absolute atomic E-state index is 10.7. The van der Waals surface area contributed by atoms with Gasteiger partial charge in [0.2, 0.25) is 5.69 Å². The average Bonchev–Trinajstić information content (AvgIpc) is 2.27. The van der Waals surface area contributed by atoms with Gasteiger partial charge in [-0.1, -0.05) is 20.8 Å². The second-order valence-corrected chi connectivity index (χ2v) is 5.17. The SMILES string of the molecule is CC(Nc1ccc([N+](=O)[O-])c(C#N)n1)C(C)(C)C. The smallest absolute Gasteiger partial charge is 0.305 e. The molecule has 0 saturated heterocycles. The Balaban J connectivity index is 3.01. The van der Waals surface area contributed by atoms with Gasteiger partial charge >= 0.3 is 5.69 Å². The second-order valence-electron chi connectivity index (χ2n) is 5.17. The third-order valence-corrected chi connectivity index (χ3v) is 2.84. The van der Waals surface area contributed by atoms with Gasteiger partial charge in [-0.05, 0) is 18.4 Å². The Morgan fingerprint density at radius 2 is 2.11 bits per heavy atom. The molecule has 0 aromatic carbocycles. The summed E-state index contributed by atoms with van der Waals surface area (Å²) >= 11 is 0. The van der Waals surface area contributed by atoms with Gasteiger partial charge in [0, 0.05) is 12.1 Å². The highest BCUT2D eigenvalue weighted by molar-refractivity contribution is 5.50. The summed E-state index contributed by atoms with van der Waals surface area (Å²) in [6.45, 7) is 8.21. The highest BCUT2D eigenvalue weighted by Gasteiger charge is 2.21. The Morgan fingerprint density at radius 3 is 2.56 bits per heavy atom. The summed E-state index contributed by atoms with van der Waals surface area (Å²) in [6.07, 6.45) is 0. The molecule has 1 aromatic heterocycles. The van der Waals surface area contributed by atoms with Crippen LogP contribution in [0.3, 0.4) is 0 Å². The van der Waals surface area contributed by atoms with Gasteiger partial charge in [-0.3, -0.25) is 10.1 Å². The van der Waals surface area contributed by atoms with Crippen molar-refractivity contribution in [2.45, 2.75) is 33.7 Å². The van der Waals surface area contributed by atoms with Crippen LogP contribution < -0.4 is 5.32 Å². The predicted octanol–water partition coefficient (Wildman–Crippen LogP) is 2.71. The molecule has 1 heterocycles. The molecule has 0 saturated carbocycles. The third-order valence-electron chi connectivity index (χ3n) is 2.84. The number of aromatic nitrogens is 1. The molecule has 1 unspecified atom stereocenters. The van der Waals surface area contributed by atoms with E-state index in [1.54, 1.807) is 6.07 Å². The first-order chi connectivity index (χ1) is 8.25. The van der Waals surface area contributed by atoms with Crippen molar-refractivity contribution in [3.8, 4) is 6.07 Å². The number of hydrogen-bond donors (Lipinski definition) is 1. The monoisotopic (exact) mass is 248 g/mol. The van der Waals surface area contributed by atoms with Crippen molar-refractivity contribution in [1.29, 1.82) is 5.26 Å². The zero-order chi connectivity index (χ0) is 13.9. The summed E-state index contributed by atoms with van der Waals surface area (Å²) in [4.78, 5) is 14.0. The summed E-state index contributed by atoms with van der Waals surface area (Å²) in [5, 5.41) is 22.6. The quantitative estimate of drug-likeness (QED) is 0.655. The summed E-state index contributed by atoms with van der Waals surface area (Å²) in [7, 11) is 0. The first-order valence-electron chi connectivity index (χ1n) is 5.57. The van der Waals surface area contributed by atoms with Crippen LogP contribution in [0.15, 0.2) is 12.1 Å². The van der Waals surface area contributed by atoms with Crippen molar-refractivity contribution in [2.24, 2.45) is 5.41 Å². The van der Waals surface area contributed by atoms with E-state index in [4.69, 9.17) is 5.26 Å². The molecule has 96 valence electrons. The van der Waals surface area contributed by atoms with Crippen molar-refractivity contribution in [2.75, 3.05) is 5.32 Å². The van der Waals surface area contributed by atoms with Crippen molar-refractivity contribution in [3.05, 3.63) is 27.9 Å². The number of anilines is 1. The van der Waals surface area contributed by atoms with Crippen molar-refractivity contribution in [1.82, 2.24) is 4.98 Å². The van der Waals surface area contributed by atoms with Crippen LogP contribution in [0.2, 0.25) is 0 Å². The molecule has 1 N–H and O–H groups in total. The largest absolute Gasteiger partial charge is 0.367 e. The van der Waals surface area contributed by atoms with Crippen molar-refractivity contribution in [3.63, 3.8) is 0 Å². The number of nitriles is 1. The summed E-state index contributed by atoms with van der Waals surface area (Å²) in [6, 6.07) is 4.67. The van der Waals surface area contributed by atoms with Gasteiger partial charge < -0.3 is 5.32 Å². The molecule has 0 radical (unpaired) electrons. The Bertz CT molecular complexity index is 500. The van der Waals surface area contributed by atoms with E-state index >= 15 is 0 Å². The number of nitrogens with one attached hydrogen (secondary N) is 1. The van der Waals surface area contributed by atoms with Gasteiger partial charge in [-0.15, -0.1) is 0 Å². The third kappa shape index (κ3) is 3.17. The number of rotatable bonds is 3. The normalized spacial score (nSPS) is 12.6. The molecule has 1 atom stereocenters. The number of hydrogen-bond acceptors (Lipinski definition) is 5. The van der Waals surface area contributed by atoms with E-state index in [0.29, 0.717) is 5.82 Å². The number of nitro groups is 1. The fourth-order valence-corrected chi connectivity index (χ4v) is 1.20. The topological polar surface area (TPSA) is 91.9 Å². The van der Waals surface area contributed by atoms with Crippen LogP contribution >= 0.6 is 0 Å². The zero-order valence-corrected chi connectivity index (χ0v) is 10.9. The first kappa shape index (κ1) is 13.9. The van der Waals surface area contributed by atoms with Crippen LogP contribution in [0.5, 0.6) is 0 Å². The van der Waals surface area contributed by atoms with Crippen LogP contribution in [0.4, 0.5) is 11.5 Å². The highest BCUT2D eigenvalue weighted by Crippen LogP contribution is 2.24. The van der Waals surface area contributed by atoms with Crippen LogP contribution in [0, 0.1) is 26.9 Å². The van der Waals surface area contributed by atoms with Gasteiger partial charge in [0.1, 0.15) is 11.9 Å². The average molecular weight is 248 g/mol. The molecule has 0 aliphatic carbocycles. The molecule has 0 amide bonds. The lowest BCUT2D eigenvalue weighted by Crippen LogP contribution is -2.31. The minimum Gasteiger partial charge on any atom is -0.367 e. The van der Waals surface area contributed by atoms with Crippen LogP contribution in [0.25, 0.3) is 0 Å². The Kier molecular flexibility index (Phi) is 3.86. The van der Waals surface area contributed by atoms with Gasteiger partial charge in [-0.2, -0.15) is 5.26 Å². The van der Waals surface area contributed by atoms with E-state index in [1.165, 1.54) is 12.1 Å². The fraction of sp³-hybridized carbons (Fsp3) is 0.500. The zero-order valence-electron chi connectivity index (χ0n) is 10.9. The van der Waals surface area contributed by atoms with E-state index in [9.17, 15) is 10.1 Å². The maximum Gasteiger partial charge on any atom is 0.305 e. The molecule has 1 rings (SSSR count). The Labute approximate surface area is 106 Å². The summed E-state index contributed by atoms with van der Waals surface area (Å²) < 4.78 is 0.